The van der Waals surface area contributed by atoms with Gasteiger partial charge in [-0.15, -0.1) is 0 Å². The monoisotopic (exact) mass is 560 g/mol. The van der Waals surface area contributed by atoms with Crippen LogP contribution in [0.4, 0.5) is 0 Å². The quantitative estimate of drug-likeness (QED) is 0.196. The molecule has 2 heteroatoms. The van der Waals surface area contributed by atoms with Crippen LogP contribution in [-0.2, 0) is 0 Å². The fourth-order valence-corrected chi connectivity index (χ4v) is 6.23. The summed E-state index contributed by atoms with van der Waals surface area (Å²) in [6.45, 7) is 0. The Morgan fingerprint density at radius 2 is 0.591 bits per heavy atom. The molecule has 0 radical (unpaired) electrons. The molecule has 0 unspecified atom stereocenters. The van der Waals surface area contributed by atoms with Crippen LogP contribution in [0.2, 0.25) is 0 Å². The molecule has 0 saturated carbocycles. The lowest BCUT2D eigenvalue weighted by molar-refractivity contribution is 1.18. The first-order valence-electron chi connectivity index (χ1n) is 14.9. The smallest absolute Gasteiger partial charge is 0.160 e. The third-order valence-electron chi connectivity index (χ3n) is 8.29. The predicted octanol–water partition coefficient (Wildman–Crippen LogP) is 11.1. The minimum Gasteiger partial charge on any atom is -0.228 e. The van der Waals surface area contributed by atoms with Crippen LogP contribution in [0.15, 0.2) is 170 Å². The Kier molecular flexibility index (Phi) is 6.51. The summed E-state index contributed by atoms with van der Waals surface area (Å²) in [7, 11) is 0. The number of hydrogen-bond acceptors (Lipinski definition) is 2. The van der Waals surface area contributed by atoms with Gasteiger partial charge in [-0.3, -0.25) is 0 Å². The standard InChI is InChI=1S/C42H28N2/c1-4-14-29(15-5-1)38-28-39(44-42(43-38)33-18-8-3-9-19-33)30-24-26-32(27-25-30)41-36-22-12-10-20-34(36)40(31-16-6-2-7-17-31)35-21-11-13-23-37(35)41/h1-28H. The molecule has 0 aliphatic heterocycles. The first-order chi connectivity index (χ1) is 21.8. The van der Waals surface area contributed by atoms with Gasteiger partial charge in [0.2, 0.25) is 0 Å². The molecule has 0 spiro atoms. The van der Waals surface area contributed by atoms with Crippen LogP contribution in [-0.4, -0.2) is 9.97 Å². The van der Waals surface area contributed by atoms with Gasteiger partial charge in [-0.25, -0.2) is 9.97 Å². The van der Waals surface area contributed by atoms with E-state index in [1.165, 1.54) is 43.8 Å². The lowest BCUT2D eigenvalue weighted by Crippen LogP contribution is -1.96. The fourth-order valence-electron chi connectivity index (χ4n) is 6.23. The molecule has 0 N–H and O–H groups in total. The van der Waals surface area contributed by atoms with E-state index in [-0.39, 0.29) is 0 Å². The average molecular weight is 561 g/mol. The van der Waals surface area contributed by atoms with Gasteiger partial charge < -0.3 is 0 Å². The zero-order valence-corrected chi connectivity index (χ0v) is 24.1. The molecule has 1 aromatic heterocycles. The van der Waals surface area contributed by atoms with Crippen LogP contribution in [0.3, 0.4) is 0 Å². The minimum atomic E-state index is 0.722. The van der Waals surface area contributed by atoms with Crippen LogP contribution in [0.1, 0.15) is 0 Å². The van der Waals surface area contributed by atoms with Gasteiger partial charge >= 0.3 is 0 Å². The van der Waals surface area contributed by atoms with Crippen LogP contribution in [0, 0.1) is 0 Å². The Hall–Kier alpha value is -5.86. The lowest BCUT2D eigenvalue weighted by Gasteiger charge is -2.18. The van der Waals surface area contributed by atoms with Crippen LogP contribution < -0.4 is 0 Å². The molecule has 0 bridgehead atoms. The summed E-state index contributed by atoms with van der Waals surface area (Å²) in [5.74, 6) is 0.722. The van der Waals surface area contributed by atoms with E-state index in [1.54, 1.807) is 0 Å². The second kappa shape index (κ2) is 11.1. The van der Waals surface area contributed by atoms with E-state index in [0.29, 0.717) is 0 Å². The maximum atomic E-state index is 5.04. The maximum absolute atomic E-state index is 5.04. The molecule has 44 heavy (non-hydrogen) atoms. The van der Waals surface area contributed by atoms with Crippen molar-refractivity contribution >= 4 is 21.5 Å². The number of fused-ring (bicyclic) bond motifs is 2. The minimum absolute atomic E-state index is 0.722. The molecule has 2 nitrogen and oxygen atoms in total. The van der Waals surface area contributed by atoms with E-state index in [2.05, 4.69) is 133 Å². The van der Waals surface area contributed by atoms with Crippen molar-refractivity contribution in [2.45, 2.75) is 0 Å². The Labute approximate surface area is 257 Å². The van der Waals surface area contributed by atoms with Crippen molar-refractivity contribution in [3.05, 3.63) is 170 Å². The number of benzene rings is 7. The van der Waals surface area contributed by atoms with Gasteiger partial charge in [-0.1, -0.05) is 164 Å². The van der Waals surface area contributed by atoms with E-state index in [4.69, 9.17) is 9.97 Å². The van der Waals surface area contributed by atoms with Gasteiger partial charge in [0.05, 0.1) is 11.4 Å². The second-order valence-corrected chi connectivity index (χ2v) is 11.0. The molecule has 8 aromatic rings. The fraction of sp³-hybridized carbons (Fsp3) is 0. The van der Waals surface area contributed by atoms with Crippen molar-refractivity contribution < 1.29 is 0 Å². The summed E-state index contributed by atoms with van der Waals surface area (Å²) in [6.07, 6.45) is 0. The molecule has 206 valence electrons. The summed E-state index contributed by atoms with van der Waals surface area (Å²) >= 11 is 0. The summed E-state index contributed by atoms with van der Waals surface area (Å²) in [4.78, 5) is 9.99. The molecule has 0 aliphatic carbocycles. The van der Waals surface area contributed by atoms with Gasteiger partial charge in [-0.2, -0.15) is 0 Å². The average Bonchev–Trinajstić information content (AvgIpc) is 3.11. The van der Waals surface area contributed by atoms with Crippen molar-refractivity contribution in [1.29, 1.82) is 0 Å². The van der Waals surface area contributed by atoms with E-state index in [1.807, 2.05) is 36.4 Å². The highest BCUT2D eigenvalue weighted by atomic mass is 14.9. The Morgan fingerprint density at radius 3 is 1.05 bits per heavy atom. The number of aromatic nitrogens is 2. The van der Waals surface area contributed by atoms with Crippen molar-refractivity contribution in [1.82, 2.24) is 9.97 Å². The van der Waals surface area contributed by atoms with Crippen LogP contribution >= 0.6 is 0 Å². The Morgan fingerprint density at radius 1 is 0.273 bits per heavy atom. The largest absolute Gasteiger partial charge is 0.228 e. The lowest BCUT2D eigenvalue weighted by atomic mass is 9.86. The van der Waals surface area contributed by atoms with Gasteiger partial charge in [0.15, 0.2) is 5.82 Å². The van der Waals surface area contributed by atoms with E-state index in [0.717, 1.165) is 33.9 Å². The summed E-state index contributed by atoms with van der Waals surface area (Å²) in [6, 6.07) is 59.7. The predicted molar refractivity (Wildman–Crippen MR) is 184 cm³/mol. The maximum Gasteiger partial charge on any atom is 0.160 e. The first kappa shape index (κ1) is 25.8. The van der Waals surface area contributed by atoms with Crippen molar-refractivity contribution in [2.24, 2.45) is 0 Å². The zero-order valence-electron chi connectivity index (χ0n) is 24.1. The molecule has 0 saturated heterocycles. The summed E-state index contributed by atoms with van der Waals surface area (Å²) in [5.41, 5.74) is 9.88. The Balaban J connectivity index is 1.30. The van der Waals surface area contributed by atoms with Crippen LogP contribution in [0.25, 0.3) is 77.7 Å². The summed E-state index contributed by atoms with van der Waals surface area (Å²) < 4.78 is 0. The number of hydrogen-bond donors (Lipinski definition) is 0. The van der Waals surface area contributed by atoms with Crippen molar-refractivity contribution in [3.63, 3.8) is 0 Å². The molecule has 8 rings (SSSR count). The highest BCUT2D eigenvalue weighted by Crippen LogP contribution is 2.43. The molecule has 0 atom stereocenters. The normalized spacial score (nSPS) is 11.2. The van der Waals surface area contributed by atoms with E-state index < -0.39 is 0 Å². The molecular formula is C42H28N2. The highest BCUT2D eigenvalue weighted by molar-refractivity contribution is 6.21. The Bertz CT molecular complexity index is 2120. The van der Waals surface area contributed by atoms with Crippen LogP contribution in [0.5, 0.6) is 0 Å². The number of nitrogens with zero attached hydrogens (tertiary/aromatic N) is 2. The number of rotatable bonds is 5. The molecule has 1 heterocycles. The molecule has 0 fully saturated rings. The topological polar surface area (TPSA) is 25.8 Å². The van der Waals surface area contributed by atoms with Crippen molar-refractivity contribution in [2.75, 3.05) is 0 Å². The molecule has 7 aromatic carbocycles. The molecule has 0 amide bonds. The summed E-state index contributed by atoms with van der Waals surface area (Å²) in [5, 5.41) is 5.01. The van der Waals surface area contributed by atoms with Gasteiger partial charge in [0, 0.05) is 16.7 Å². The SMILES string of the molecule is c1ccc(-c2cc(-c3ccc(-c4c5ccccc5c(-c5ccccc5)c5ccccc45)cc3)nc(-c3ccccc3)n2)cc1. The van der Waals surface area contributed by atoms with Gasteiger partial charge in [0.25, 0.3) is 0 Å². The highest BCUT2D eigenvalue weighted by Gasteiger charge is 2.17. The third kappa shape index (κ3) is 4.63. The zero-order chi connectivity index (χ0) is 29.3. The van der Waals surface area contributed by atoms with Crippen molar-refractivity contribution in [3.8, 4) is 56.2 Å². The first-order valence-corrected chi connectivity index (χ1v) is 14.9. The van der Waals surface area contributed by atoms with Gasteiger partial charge in [0.1, 0.15) is 0 Å². The second-order valence-electron chi connectivity index (χ2n) is 11.0. The van der Waals surface area contributed by atoms with E-state index in [9.17, 15) is 0 Å². The van der Waals surface area contributed by atoms with E-state index >= 15 is 0 Å². The van der Waals surface area contributed by atoms with Gasteiger partial charge in [-0.05, 0) is 49.9 Å². The molecular weight excluding hydrogens is 532 g/mol. The third-order valence-corrected chi connectivity index (χ3v) is 8.29. The molecule has 0 aliphatic rings.